The molecule has 28 heavy (non-hydrogen) atoms. The van der Waals surface area contributed by atoms with Crippen LogP contribution in [0, 0.1) is 5.82 Å². The molecular formula is C22H22FN3O2. The van der Waals surface area contributed by atoms with E-state index in [0.717, 1.165) is 16.6 Å². The van der Waals surface area contributed by atoms with E-state index in [1.165, 1.54) is 29.2 Å². The number of nitrogens with one attached hydrogen (secondary N) is 1. The van der Waals surface area contributed by atoms with Gasteiger partial charge in [0.2, 0.25) is 5.91 Å². The summed E-state index contributed by atoms with van der Waals surface area (Å²) >= 11 is 0. The quantitative estimate of drug-likeness (QED) is 0.722. The van der Waals surface area contributed by atoms with Crippen molar-refractivity contribution in [1.29, 1.82) is 0 Å². The van der Waals surface area contributed by atoms with Crippen LogP contribution in [0.5, 0.6) is 0 Å². The summed E-state index contributed by atoms with van der Waals surface area (Å²) in [6.45, 7) is 3.92. The van der Waals surface area contributed by atoms with Crippen molar-refractivity contribution in [3.63, 3.8) is 0 Å². The van der Waals surface area contributed by atoms with E-state index in [4.69, 9.17) is 0 Å². The average Bonchev–Trinajstić information content (AvgIpc) is 2.68. The van der Waals surface area contributed by atoms with Gasteiger partial charge in [-0.15, -0.1) is 0 Å². The minimum atomic E-state index is -0.379. The Hall–Kier alpha value is -3.28. The zero-order chi connectivity index (χ0) is 20.3. The van der Waals surface area contributed by atoms with Gasteiger partial charge in [0.25, 0.3) is 5.91 Å². The molecule has 3 aromatic rings. The lowest BCUT2D eigenvalue weighted by molar-refractivity contribution is -0.116. The summed E-state index contributed by atoms with van der Waals surface area (Å²) in [4.78, 5) is 31.3. The number of halogens is 1. The van der Waals surface area contributed by atoms with E-state index in [2.05, 4.69) is 10.3 Å². The summed E-state index contributed by atoms with van der Waals surface area (Å²) in [7, 11) is 1.58. The second-order valence-electron chi connectivity index (χ2n) is 6.98. The number of benzene rings is 2. The molecule has 2 amide bonds. The first kappa shape index (κ1) is 19.5. The van der Waals surface area contributed by atoms with Crippen LogP contribution in [0.2, 0.25) is 0 Å². The maximum absolute atomic E-state index is 13.0. The fourth-order valence-electron chi connectivity index (χ4n) is 2.90. The minimum Gasteiger partial charge on any atom is -0.332 e. The van der Waals surface area contributed by atoms with Crippen molar-refractivity contribution in [2.45, 2.75) is 19.8 Å². The maximum Gasteiger partial charge on any atom is 0.254 e. The number of nitrogens with zero attached hydrogens (tertiary/aromatic N) is 2. The molecule has 0 spiro atoms. The van der Waals surface area contributed by atoms with Gasteiger partial charge < -0.3 is 10.2 Å². The van der Waals surface area contributed by atoms with Crippen molar-refractivity contribution < 1.29 is 14.0 Å². The van der Waals surface area contributed by atoms with Crippen molar-refractivity contribution in [3.8, 4) is 0 Å². The number of likely N-dealkylation sites (N-methyl/N-ethyl adjacent to an activating group) is 1. The molecule has 5 nitrogen and oxygen atoms in total. The van der Waals surface area contributed by atoms with Crippen LogP contribution in [0.25, 0.3) is 10.9 Å². The molecule has 0 saturated heterocycles. The Kier molecular flexibility index (Phi) is 5.68. The fraction of sp³-hybridized carbons (Fsp3) is 0.227. The molecule has 0 radical (unpaired) electrons. The predicted octanol–water partition coefficient (Wildman–Crippen LogP) is 4.21. The molecule has 0 unspecified atom stereocenters. The highest BCUT2D eigenvalue weighted by atomic mass is 19.1. The van der Waals surface area contributed by atoms with E-state index in [0.29, 0.717) is 11.3 Å². The number of carbonyl (C=O) groups is 2. The molecule has 0 atom stereocenters. The Labute approximate surface area is 163 Å². The first-order valence-corrected chi connectivity index (χ1v) is 9.05. The van der Waals surface area contributed by atoms with Gasteiger partial charge in [-0.25, -0.2) is 4.39 Å². The molecule has 0 saturated carbocycles. The average molecular weight is 379 g/mol. The third-order valence-electron chi connectivity index (χ3n) is 4.41. The van der Waals surface area contributed by atoms with Crippen LogP contribution >= 0.6 is 0 Å². The van der Waals surface area contributed by atoms with Gasteiger partial charge in [-0.05, 0) is 42.3 Å². The van der Waals surface area contributed by atoms with Gasteiger partial charge in [0.1, 0.15) is 5.82 Å². The normalized spacial score (nSPS) is 10.9. The number of para-hydroxylation sites is 1. The van der Waals surface area contributed by atoms with E-state index in [9.17, 15) is 14.0 Å². The highest BCUT2D eigenvalue weighted by Gasteiger charge is 2.19. The van der Waals surface area contributed by atoms with Gasteiger partial charge in [0.05, 0.1) is 17.6 Å². The number of hydrogen-bond acceptors (Lipinski definition) is 3. The largest absolute Gasteiger partial charge is 0.332 e. The van der Waals surface area contributed by atoms with Crippen LogP contribution in [0.1, 0.15) is 35.8 Å². The van der Waals surface area contributed by atoms with Crippen LogP contribution in [0.15, 0.2) is 54.6 Å². The van der Waals surface area contributed by atoms with Crippen LogP contribution in [0.4, 0.5) is 10.1 Å². The van der Waals surface area contributed by atoms with Crippen molar-refractivity contribution in [2.24, 2.45) is 0 Å². The Bertz CT molecular complexity index is 1020. The minimum absolute atomic E-state index is 0.121. The standard InChI is InChI=1S/C22H22FN3O2/c1-14(2)20-12-18(17-6-4-5-7-19(17)25-20)22(28)26(3)13-21(27)24-16-10-8-15(23)9-11-16/h4-12,14H,13H2,1-3H3,(H,24,27). The molecule has 0 aliphatic carbocycles. The van der Waals surface area contributed by atoms with Gasteiger partial charge >= 0.3 is 0 Å². The Morgan fingerprint density at radius 3 is 2.46 bits per heavy atom. The summed E-state index contributed by atoms with van der Waals surface area (Å²) in [5, 5.41) is 3.41. The van der Waals surface area contributed by atoms with Crippen LogP contribution in [-0.2, 0) is 4.79 Å². The third kappa shape index (κ3) is 4.34. The molecule has 1 aromatic heterocycles. The second-order valence-corrected chi connectivity index (χ2v) is 6.98. The monoisotopic (exact) mass is 379 g/mol. The van der Waals surface area contributed by atoms with E-state index in [1.54, 1.807) is 13.1 Å². The summed E-state index contributed by atoms with van der Waals surface area (Å²) < 4.78 is 13.0. The first-order valence-electron chi connectivity index (χ1n) is 9.05. The van der Waals surface area contributed by atoms with E-state index in [-0.39, 0.29) is 30.1 Å². The number of hydrogen-bond donors (Lipinski definition) is 1. The van der Waals surface area contributed by atoms with Gasteiger partial charge in [0.15, 0.2) is 0 Å². The molecule has 0 fully saturated rings. The number of anilines is 1. The Balaban J connectivity index is 1.80. The van der Waals surface area contributed by atoms with Gasteiger partial charge in [-0.1, -0.05) is 32.0 Å². The molecular weight excluding hydrogens is 357 g/mol. The van der Waals surface area contributed by atoms with Crippen molar-refractivity contribution in [1.82, 2.24) is 9.88 Å². The van der Waals surface area contributed by atoms with E-state index < -0.39 is 0 Å². The lowest BCUT2D eigenvalue weighted by Crippen LogP contribution is -2.35. The zero-order valence-electron chi connectivity index (χ0n) is 16.1. The van der Waals surface area contributed by atoms with Crippen LogP contribution < -0.4 is 5.32 Å². The molecule has 0 aliphatic heterocycles. The molecule has 2 aromatic carbocycles. The van der Waals surface area contributed by atoms with Gasteiger partial charge in [-0.2, -0.15) is 0 Å². The van der Waals surface area contributed by atoms with Crippen LogP contribution in [-0.4, -0.2) is 35.3 Å². The highest BCUT2D eigenvalue weighted by molar-refractivity contribution is 6.07. The van der Waals surface area contributed by atoms with Gasteiger partial charge in [-0.3, -0.25) is 14.6 Å². The smallest absolute Gasteiger partial charge is 0.254 e. The SMILES string of the molecule is CC(C)c1cc(C(=O)N(C)CC(=O)Nc2ccc(F)cc2)c2ccccc2n1. The lowest BCUT2D eigenvalue weighted by atomic mass is 10.0. The number of aromatic nitrogens is 1. The Morgan fingerprint density at radius 2 is 1.79 bits per heavy atom. The fourth-order valence-corrected chi connectivity index (χ4v) is 2.90. The Morgan fingerprint density at radius 1 is 1.11 bits per heavy atom. The topological polar surface area (TPSA) is 62.3 Å². The molecule has 0 bridgehead atoms. The van der Waals surface area contributed by atoms with E-state index in [1.807, 2.05) is 38.1 Å². The summed E-state index contributed by atoms with van der Waals surface area (Å²) in [6.07, 6.45) is 0. The van der Waals surface area contributed by atoms with Crippen molar-refractivity contribution in [2.75, 3.05) is 18.9 Å². The number of rotatable bonds is 5. The summed E-state index contributed by atoms with van der Waals surface area (Å²) in [6, 6.07) is 14.7. The molecule has 1 heterocycles. The molecule has 0 aliphatic rings. The lowest BCUT2D eigenvalue weighted by Gasteiger charge is -2.19. The number of amides is 2. The highest BCUT2D eigenvalue weighted by Crippen LogP contribution is 2.23. The first-order chi connectivity index (χ1) is 13.3. The molecule has 6 heteroatoms. The van der Waals surface area contributed by atoms with Crippen molar-refractivity contribution >= 4 is 28.4 Å². The number of pyridine rings is 1. The van der Waals surface area contributed by atoms with E-state index >= 15 is 0 Å². The summed E-state index contributed by atoms with van der Waals surface area (Å²) in [5.41, 5.74) is 2.57. The predicted molar refractivity (Wildman–Crippen MR) is 108 cm³/mol. The molecule has 3 rings (SSSR count). The summed E-state index contributed by atoms with van der Waals surface area (Å²) in [5.74, 6) is -0.821. The third-order valence-corrected chi connectivity index (χ3v) is 4.41. The second kappa shape index (κ2) is 8.17. The van der Waals surface area contributed by atoms with Gasteiger partial charge in [0, 0.05) is 23.8 Å². The zero-order valence-corrected chi connectivity index (χ0v) is 16.1. The van der Waals surface area contributed by atoms with Crippen molar-refractivity contribution in [3.05, 3.63) is 71.7 Å². The number of carbonyl (C=O) groups excluding carboxylic acids is 2. The maximum atomic E-state index is 13.0. The van der Waals surface area contributed by atoms with Crippen LogP contribution in [0.3, 0.4) is 0 Å². The number of fused-ring (bicyclic) bond motifs is 1. The molecule has 144 valence electrons. The molecule has 1 N–H and O–H groups in total.